The molecule has 0 aliphatic carbocycles. The molecule has 0 radical (unpaired) electrons. The number of oxime groups is 1. The van der Waals surface area contributed by atoms with Gasteiger partial charge < -0.3 is 36.0 Å². The normalized spacial score (nSPS) is 15.1. The molecular weight excluding hydrogens is 706 g/mol. The summed E-state index contributed by atoms with van der Waals surface area (Å²) in [5, 5.41) is 30.0. The van der Waals surface area contributed by atoms with Crippen molar-refractivity contribution in [2.75, 3.05) is 31.9 Å². The Labute approximate surface area is 286 Å². The number of carboxylic acid groups (broad SMARTS) is 1. The Balaban J connectivity index is 1.52. The monoisotopic (exact) mass is 739 g/mol. The van der Waals surface area contributed by atoms with Gasteiger partial charge in [-0.3, -0.25) is 23.9 Å². The van der Waals surface area contributed by atoms with Gasteiger partial charge in [0.25, 0.3) is 11.8 Å². The number of aromatic hydroxyl groups is 1. The van der Waals surface area contributed by atoms with E-state index in [1.54, 1.807) is 4.72 Å². The number of imide groups is 1. The SMILES string of the molecule is CCN(CC)CCn1c(-c2cc(=O)c(O)c[nH]2)nn(S(=O)(=O)NC(=O)N2C[C@H](NC(=O)C(=NOC(C)(C)C(=O)O)c3csc(N)n3)C2=O)c1=O. The van der Waals surface area contributed by atoms with Crippen LogP contribution in [0.15, 0.2) is 32.4 Å². The second kappa shape index (κ2) is 14.5. The van der Waals surface area contributed by atoms with Gasteiger partial charge in [-0.15, -0.1) is 16.4 Å². The Kier molecular flexibility index (Phi) is 10.8. The Morgan fingerprint density at radius 3 is 2.48 bits per heavy atom. The number of pyridine rings is 1. The van der Waals surface area contributed by atoms with E-state index in [1.807, 2.05) is 18.7 Å². The average Bonchev–Trinajstić information content (AvgIpc) is 3.63. The van der Waals surface area contributed by atoms with Crippen molar-refractivity contribution in [1.82, 2.24) is 43.6 Å². The van der Waals surface area contributed by atoms with E-state index in [0.717, 1.165) is 28.2 Å². The Morgan fingerprint density at radius 2 is 1.92 bits per heavy atom. The number of carboxylic acids is 1. The predicted octanol–water partition coefficient (Wildman–Crippen LogP) is -2.10. The Bertz CT molecular complexity index is 2080. The lowest BCUT2D eigenvalue weighted by atomic mass is 10.1. The summed E-state index contributed by atoms with van der Waals surface area (Å²) < 4.78 is 29.0. The molecule has 3 aromatic heterocycles. The maximum Gasteiger partial charge on any atom is 0.362 e. The van der Waals surface area contributed by atoms with Gasteiger partial charge in [-0.2, -0.15) is 8.42 Å². The fourth-order valence-corrected chi connectivity index (χ4v) is 5.71. The number of urea groups is 1. The van der Waals surface area contributed by atoms with Crippen LogP contribution < -0.4 is 26.9 Å². The van der Waals surface area contributed by atoms with Crippen LogP contribution in [-0.4, -0.2) is 119 Å². The largest absolute Gasteiger partial charge is 0.503 e. The number of hydrogen-bond acceptors (Lipinski definition) is 16. The third-order valence-corrected chi connectivity index (χ3v) is 9.09. The zero-order chi connectivity index (χ0) is 37.1. The molecule has 270 valence electrons. The molecule has 0 spiro atoms. The van der Waals surface area contributed by atoms with Crippen LogP contribution in [0.3, 0.4) is 0 Å². The molecule has 0 aromatic carbocycles. The number of nitrogen functional groups attached to an aromatic ring is 1. The van der Waals surface area contributed by atoms with Crippen LogP contribution in [0.1, 0.15) is 33.4 Å². The zero-order valence-electron chi connectivity index (χ0n) is 26.9. The van der Waals surface area contributed by atoms with Gasteiger partial charge in [0.2, 0.25) is 11.0 Å². The van der Waals surface area contributed by atoms with E-state index in [-0.39, 0.29) is 39.5 Å². The number of hydrogen-bond donors (Lipinski definition) is 6. The smallest absolute Gasteiger partial charge is 0.362 e. The molecule has 1 aliphatic heterocycles. The summed E-state index contributed by atoms with van der Waals surface area (Å²) in [6, 6.07) is -1.92. The van der Waals surface area contributed by atoms with Crippen molar-refractivity contribution < 1.29 is 42.6 Å². The molecule has 1 atom stereocenters. The molecule has 4 rings (SSSR count). The lowest BCUT2D eigenvalue weighted by molar-refractivity contribution is -0.161. The second-order valence-electron chi connectivity index (χ2n) is 11.0. The van der Waals surface area contributed by atoms with E-state index >= 15 is 0 Å². The standard InChI is InChI=1S/C26H33N11O11S2/c1-5-34(6-2)7-8-35-19(13-9-16(38)17(39)10-28-13)31-37(25(35)45)50(46,47)33-24(44)36-11-14(21(36)41)29-20(40)18(15-12-49-23(27)30-15)32-48-26(3,4)22(42)43/h9-10,12,14,39H,5-8,11H2,1-4H3,(H2,27,30)(H,28,38)(H,29,40)(H,33,44)(H,42,43)/t14-/m0/s1. The third-order valence-electron chi connectivity index (χ3n) is 7.29. The summed E-state index contributed by atoms with van der Waals surface area (Å²) in [5.41, 5.74) is 0.986. The van der Waals surface area contributed by atoms with Gasteiger partial charge in [0, 0.05) is 30.7 Å². The number of aromatic amines is 1. The molecule has 24 heteroatoms. The molecule has 22 nitrogen and oxygen atoms in total. The molecule has 1 aliphatic rings. The van der Waals surface area contributed by atoms with E-state index in [9.17, 15) is 47.4 Å². The number of aliphatic carboxylic acids is 1. The molecule has 1 saturated heterocycles. The summed E-state index contributed by atoms with van der Waals surface area (Å²) in [7, 11) is -5.09. The topological polar surface area (TPSA) is 307 Å². The minimum absolute atomic E-state index is 0.0158. The summed E-state index contributed by atoms with van der Waals surface area (Å²) in [4.78, 5) is 89.4. The van der Waals surface area contributed by atoms with Gasteiger partial charge in [0.05, 0.1) is 12.2 Å². The summed E-state index contributed by atoms with van der Waals surface area (Å²) in [5.74, 6) is -4.43. The first kappa shape index (κ1) is 37.2. The highest BCUT2D eigenvalue weighted by Crippen LogP contribution is 2.18. The number of likely N-dealkylation sites (tertiary alicyclic amines) is 1. The van der Waals surface area contributed by atoms with Crippen LogP contribution in [0.4, 0.5) is 9.93 Å². The highest BCUT2D eigenvalue weighted by Gasteiger charge is 2.44. The number of H-pyrrole nitrogens is 1. The van der Waals surface area contributed by atoms with E-state index < -0.39 is 74.8 Å². The van der Waals surface area contributed by atoms with Gasteiger partial charge in [-0.25, -0.2) is 24.1 Å². The van der Waals surface area contributed by atoms with Crippen LogP contribution in [-0.2, 0) is 36.0 Å². The lowest BCUT2D eigenvalue weighted by Crippen LogP contribution is -2.68. The van der Waals surface area contributed by atoms with Crippen LogP contribution in [0.25, 0.3) is 11.5 Å². The number of β-lactam (4-membered cyclic amide) rings is 1. The van der Waals surface area contributed by atoms with Gasteiger partial charge in [-0.05, 0) is 26.9 Å². The molecule has 0 unspecified atom stereocenters. The van der Waals surface area contributed by atoms with Gasteiger partial charge in [0.15, 0.2) is 22.4 Å². The van der Waals surface area contributed by atoms with E-state index in [2.05, 4.69) is 25.5 Å². The lowest BCUT2D eigenvalue weighted by Gasteiger charge is -2.36. The maximum atomic E-state index is 13.3. The number of nitrogens with zero attached hydrogens (tertiary/aromatic N) is 7. The summed E-state index contributed by atoms with van der Waals surface area (Å²) in [6.45, 7) is 6.99. The minimum Gasteiger partial charge on any atom is -0.503 e. The molecule has 3 aromatic rings. The van der Waals surface area contributed by atoms with Crippen LogP contribution >= 0.6 is 11.3 Å². The Morgan fingerprint density at radius 1 is 1.24 bits per heavy atom. The zero-order valence-corrected chi connectivity index (χ0v) is 28.6. The fraction of sp³-hybridized carbons (Fsp3) is 0.423. The van der Waals surface area contributed by atoms with Gasteiger partial charge >= 0.3 is 27.9 Å². The molecule has 4 heterocycles. The maximum absolute atomic E-state index is 13.3. The number of aromatic nitrogens is 5. The van der Waals surface area contributed by atoms with Gasteiger partial charge in [0.1, 0.15) is 11.7 Å². The number of thiazole rings is 1. The Hall–Kier alpha value is -5.62. The van der Waals surface area contributed by atoms with E-state index in [0.29, 0.717) is 18.0 Å². The molecular formula is C26H33N11O11S2. The first-order valence-electron chi connectivity index (χ1n) is 14.6. The number of nitrogens with one attached hydrogen (secondary N) is 3. The highest BCUT2D eigenvalue weighted by molar-refractivity contribution is 7.88. The van der Waals surface area contributed by atoms with Crippen molar-refractivity contribution in [2.24, 2.45) is 5.16 Å². The summed E-state index contributed by atoms with van der Waals surface area (Å²) in [6.07, 6.45) is 0.932. The molecule has 50 heavy (non-hydrogen) atoms. The number of nitrogens with two attached hydrogens (primary N) is 1. The number of anilines is 1. The first-order valence-corrected chi connectivity index (χ1v) is 17.0. The van der Waals surface area contributed by atoms with Crippen molar-refractivity contribution in [3.63, 3.8) is 0 Å². The van der Waals surface area contributed by atoms with Crippen LogP contribution in [0.2, 0.25) is 0 Å². The van der Waals surface area contributed by atoms with Crippen molar-refractivity contribution in [2.45, 2.75) is 45.9 Å². The molecule has 0 saturated carbocycles. The number of rotatable bonds is 14. The molecule has 1 fully saturated rings. The third kappa shape index (κ3) is 7.81. The molecule has 0 bridgehead atoms. The number of likely N-dealkylation sites (N-methyl/N-ethyl adjacent to an activating group) is 1. The summed E-state index contributed by atoms with van der Waals surface area (Å²) >= 11 is 0.936. The second-order valence-corrected chi connectivity index (χ2v) is 13.4. The van der Waals surface area contributed by atoms with Crippen molar-refractivity contribution in [3.8, 4) is 17.3 Å². The fourth-order valence-electron chi connectivity index (χ4n) is 4.26. The van der Waals surface area contributed by atoms with E-state index in [1.165, 1.54) is 19.2 Å². The van der Waals surface area contributed by atoms with E-state index in [4.69, 9.17) is 10.6 Å². The average molecular weight is 740 g/mol. The minimum atomic E-state index is -5.09. The number of amides is 4. The number of carbonyl (C=O) groups is 4. The predicted molar refractivity (Wildman–Crippen MR) is 174 cm³/mol. The number of carbonyl (C=O) groups excluding carboxylic acids is 3. The van der Waals surface area contributed by atoms with Crippen molar-refractivity contribution >= 4 is 56.2 Å². The molecule has 7 N–H and O–H groups in total. The van der Waals surface area contributed by atoms with Gasteiger partial charge in [-0.1, -0.05) is 23.1 Å². The quantitative estimate of drug-likeness (QED) is 0.0586. The first-order chi connectivity index (χ1) is 23.4. The highest BCUT2D eigenvalue weighted by atomic mass is 32.2. The van der Waals surface area contributed by atoms with Crippen molar-refractivity contribution in [3.05, 3.63) is 44.0 Å². The van der Waals surface area contributed by atoms with Crippen molar-refractivity contribution in [1.29, 1.82) is 0 Å². The van der Waals surface area contributed by atoms with Crippen LogP contribution in [0, 0.1) is 0 Å². The van der Waals surface area contributed by atoms with Crippen LogP contribution in [0.5, 0.6) is 5.75 Å². The molecule has 4 amide bonds.